The van der Waals surface area contributed by atoms with Gasteiger partial charge in [-0.05, 0) is 34.7 Å². The zero-order chi connectivity index (χ0) is 15.7. The third kappa shape index (κ3) is 5.90. The van der Waals surface area contributed by atoms with Crippen molar-refractivity contribution in [3.63, 3.8) is 0 Å². The molecular formula is C15H29N3O2S. The van der Waals surface area contributed by atoms with E-state index in [1.807, 2.05) is 20.9 Å². The van der Waals surface area contributed by atoms with E-state index in [1.54, 1.807) is 11.3 Å². The standard InChI is InChI=1S/C15H29N3O2S/c1-6-19-10-8-18(9-11-20-7-2)15-17-13(4)14(21-15)12(3)16-5/h12,16H,6-11H2,1-5H3. The lowest BCUT2D eigenvalue weighted by Crippen LogP contribution is -2.31. The van der Waals surface area contributed by atoms with Gasteiger partial charge in [0.05, 0.1) is 18.9 Å². The van der Waals surface area contributed by atoms with Gasteiger partial charge in [-0.25, -0.2) is 4.98 Å². The molecule has 1 N–H and O–H groups in total. The molecule has 0 aliphatic heterocycles. The van der Waals surface area contributed by atoms with Crippen molar-refractivity contribution in [1.29, 1.82) is 0 Å². The fraction of sp³-hybridized carbons (Fsp3) is 0.800. The summed E-state index contributed by atoms with van der Waals surface area (Å²) in [6.07, 6.45) is 0. The first-order chi connectivity index (χ1) is 10.1. The first-order valence-corrected chi connectivity index (χ1v) is 8.50. The summed E-state index contributed by atoms with van der Waals surface area (Å²) in [6, 6.07) is 0.330. The van der Waals surface area contributed by atoms with Gasteiger partial charge in [0.25, 0.3) is 0 Å². The molecule has 0 saturated heterocycles. The maximum atomic E-state index is 5.48. The number of ether oxygens (including phenoxy) is 2. The normalized spacial score (nSPS) is 12.6. The summed E-state index contributed by atoms with van der Waals surface area (Å²) < 4.78 is 11.0. The number of nitrogens with one attached hydrogen (secondary N) is 1. The Morgan fingerprint density at radius 1 is 1.19 bits per heavy atom. The average Bonchev–Trinajstić information content (AvgIpc) is 2.87. The van der Waals surface area contributed by atoms with Crippen molar-refractivity contribution < 1.29 is 9.47 Å². The zero-order valence-corrected chi connectivity index (χ0v) is 14.8. The summed E-state index contributed by atoms with van der Waals surface area (Å²) in [5.41, 5.74) is 1.11. The van der Waals surface area contributed by atoms with Crippen LogP contribution in [0.15, 0.2) is 0 Å². The highest BCUT2D eigenvalue weighted by Crippen LogP contribution is 2.30. The molecule has 0 saturated carbocycles. The van der Waals surface area contributed by atoms with E-state index in [0.717, 1.165) is 50.3 Å². The van der Waals surface area contributed by atoms with Crippen LogP contribution in [0.2, 0.25) is 0 Å². The monoisotopic (exact) mass is 315 g/mol. The van der Waals surface area contributed by atoms with Crippen LogP contribution in [-0.2, 0) is 9.47 Å². The molecule has 6 heteroatoms. The first kappa shape index (κ1) is 18.4. The van der Waals surface area contributed by atoms with Crippen LogP contribution in [-0.4, -0.2) is 51.5 Å². The van der Waals surface area contributed by atoms with Gasteiger partial charge in [0.1, 0.15) is 0 Å². The van der Waals surface area contributed by atoms with Gasteiger partial charge in [0.2, 0.25) is 0 Å². The number of hydrogen-bond acceptors (Lipinski definition) is 6. The molecule has 0 amide bonds. The minimum atomic E-state index is 0.330. The van der Waals surface area contributed by atoms with Crippen LogP contribution in [0, 0.1) is 6.92 Å². The minimum Gasteiger partial charge on any atom is -0.380 e. The molecule has 122 valence electrons. The molecule has 1 aromatic rings. The molecule has 0 aromatic carbocycles. The van der Waals surface area contributed by atoms with Gasteiger partial charge in [-0.1, -0.05) is 0 Å². The Morgan fingerprint density at radius 2 is 1.76 bits per heavy atom. The van der Waals surface area contributed by atoms with Gasteiger partial charge in [0.15, 0.2) is 5.13 Å². The second-order valence-corrected chi connectivity index (χ2v) is 5.85. The topological polar surface area (TPSA) is 46.6 Å². The highest BCUT2D eigenvalue weighted by molar-refractivity contribution is 7.15. The van der Waals surface area contributed by atoms with Crippen molar-refractivity contribution >= 4 is 16.5 Å². The van der Waals surface area contributed by atoms with Gasteiger partial charge in [0, 0.05) is 37.2 Å². The van der Waals surface area contributed by atoms with E-state index in [1.165, 1.54) is 4.88 Å². The Hall–Kier alpha value is -0.690. The van der Waals surface area contributed by atoms with Gasteiger partial charge in [-0.3, -0.25) is 0 Å². The van der Waals surface area contributed by atoms with Gasteiger partial charge >= 0.3 is 0 Å². The van der Waals surface area contributed by atoms with Crippen LogP contribution in [0.25, 0.3) is 0 Å². The predicted octanol–water partition coefficient (Wildman–Crippen LogP) is 2.61. The maximum Gasteiger partial charge on any atom is 0.185 e. The second-order valence-electron chi connectivity index (χ2n) is 4.84. The molecule has 0 aliphatic carbocycles. The SMILES string of the molecule is CCOCCN(CCOCC)c1nc(C)c(C(C)NC)s1. The lowest BCUT2D eigenvalue weighted by molar-refractivity contribution is 0.141. The summed E-state index contributed by atoms with van der Waals surface area (Å²) in [6.45, 7) is 12.9. The molecule has 1 heterocycles. The number of aromatic nitrogens is 1. The van der Waals surface area contributed by atoms with E-state index in [9.17, 15) is 0 Å². The smallest absolute Gasteiger partial charge is 0.185 e. The Labute approximate surface area is 132 Å². The molecule has 0 bridgehead atoms. The first-order valence-electron chi connectivity index (χ1n) is 7.69. The summed E-state index contributed by atoms with van der Waals surface area (Å²) >= 11 is 1.76. The highest BCUT2D eigenvalue weighted by Gasteiger charge is 2.17. The third-order valence-electron chi connectivity index (χ3n) is 3.34. The maximum absolute atomic E-state index is 5.48. The number of hydrogen-bond donors (Lipinski definition) is 1. The second kappa shape index (κ2) is 10.1. The third-order valence-corrected chi connectivity index (χ3v) is 4.74. The number of thiazole rings is 1. The van der Waals surface area contributed by atoms with Gasteiger partial charge in [-0.15, -0.1) is 11.3 Å². The van der Waals surface area contributed by atoms with E-state index in [0.29, 0.717) is 6.04 Å². The fourth-order valence-electron chi connectivity index (χ4n) is 2.00. The summed E-state index contributed by atoms with van der Waals surface area (Å²) in [4.78, 5) is 8.29. The number of aryl methyl sites for hydroxylation is 1. The molecule has 1 aromatic heterocycles. The van der Waals surface area contributed by atoms with Crippen molar-refractivity contribution in [2.45, 2.75) is 33.7 Å². The Bertz CT molecular complexity index is 388. The van der Waals surface area contributed by atoms with Crippen LogP contribution in [0.4, 0.5) is 5.13 Å². The number of rotatable bonds is 11. The van der Waals surface area contributed by atoms with Crippen LogP contribution in [0.3, 0.4) is 0 Å². The lowest BCUT2D eigenvalue weighted by atomic mass is 10.2. The number of nitrogens with zero attached hydrogens (tertiary/aromatic N) is 2. The van der Waals surface area contributed by atoms with Gasteiger partial charge < -0.3 is 19.7 Å². The predicted molar refractivity (Wildman–Crippen MR) is 89.5 cm³/mol. The fourth-order valence-corrected chi connectivity index (χ4v) is 3.18. The van der Waals surface area contributed by atoms with Crippen molar-refractivity contribution in [1.82, 2.24) is 10.3 Å². The van der Waals surface area contributed by atoms with E-state index in [2.05, 4.69) is 24.1 Å². The van der Waals surface area contributed by atoms with Crippen molar-refractivity contribution in [3.8, 4) is 0 Å². The molecule has 0 spiro atoms. The van der Waals surface area contributed by atoms with E-state index in [-0.39, 0.29) is 0 Å². The summed E-state index contributed by atoms with van der Waals surface area (Å²) in [5.74, 6) is 0. The zero-order valence-electron chi connectivity index (χ0n) is 13.9. The van der Waals surface area contributed by atoms with Gasteiger partial charge in [-0.2, -0.15) is 0 Å². The Balaban J connectivity index is 2.75. The molecule has 0 fully saturated rings. The largest absolute Gasteiger partial charge is 0.380 e. The molecular weight excluding hydrogens is 286 g/mol. The average molecular weight is 315 g/mol. The summed E-state index contributed by atoms with van der Waals surface area (Å²) in [7, 11) is 1.98. The molecule has 1 rings (SSSR count). The molecule has 1 unspecified atom stereocenters. The van der Waals surface area contributed by atoms with E-state index >= 15 is 0 Å². The Kier molecular flexibility index (Phi) is 8.84. The van der Waals surface area contributed by atoms with Crippen LogP contribution >= 0.6 is 11.3 Å². The van der Waals surface area contributed by atoms with E-state index < -0.39 is 0 Å². The van der Waals surface area contributed by atoms with Crippen LogP contribution in [0.1, 0.15) is 37.4 Å². The number of anilines is 1. The summed E-state index contributed by atoms with van der Waals surface area (Å²) in [5, 5.41) is 4.34. The van der Waals surface area contributed by atoms with Crippen molar-refractivity contribution in [2.75, 3.05) is 51.5 Å². The minimum absolute atomic E-state index is 0.330. The lowest BCUT2D eigenvalue weighted by Gasteiger charge is -2.21. The molecule has 21 heavy (non-hydrogen) atoms. The quantitative estimate of drug-likeness (QED) is 0.636. The van der Waals surface area contributed by atoms with Crippen LogP contribution in [0.5, 0.6) is 0 Å². The molecule has 5 nitrogen and oxygen atoms in total. The highest BCUT2D eigenvalue weighted by atomic mass is 32.1. The molecule has 0 radical (unpaired) electrons. The van der Waals surface area contributed by atoms with Crippen molar-refractivity contribution in [2.24, 2.45) is 0 Å². The Morgan fingerprint density at radius 3 is 2.24 bits per heavy atom. The van der Waals surface area contributed by atoms with E-state index in [4.69, 9.17) is 14.5 Å². The van der Waals surface area contributed by atoms with Crippen LogP contribution < -0.4 is 10.2 Å². The van der Waals surface area contributed by atoms with Crippen molar-refractivity contribution in [3.05, 3.63) is 10.6 Å². The molecule has 1 atom stereocenters. The molecule has 0 aliphatic rings.